The van der Waals surface area contributed by atoms with Gasteiger partial charge in [-0.05, 0) is 11.0 Å². The lowest BCUT2D eigenvalue weighted by atomic mass is 10.0. The van der Waals surface area contributed by atoms with Crippen LogP contribution in [-0.2, 0) is 19.2 Å². The van der Waals surface area contributed by atoms with E-state index in [0.29, 0.717) is 17.1 Å². The van der Waals surface area contributed by atoms with Crippen molar-refractivity contribution in [1.29, 1.82) is 5.26 Å². The number of nitriles is 1. The van der Waals surface area contributed by atoms with E-state index < -0.39 is 29.2 Å². The number of allylic oxidation sites excluding steroid dienone is 1. The first-order chi connectivity index (χ1) is 14.9. The summed E-state index contributed by atoms with van der Waals surface area (Å²) in [6.07, 6.45) is 1.29. The molecular formula is C17H16N6O5S3. The first-order valence-corrected chi connectivity index (χ1v) is 11.6. The van der Waals surface area contributed by atoms with Gasteiger partial charge in [-0.2, -0.15) is 5.26 Å². The van der Waals surface area contributed by atoms with Gasteiger partial charge in [-0.25, -0.2) is 9.78 Å². The first kappa shape index (κ1) is 22.7. The lowest BCUT2D eigenvalue weighted by Gasteiger charge is -2.49. The molecule has 1 aromatic heterocycles. The normalized spacial score (nSPS) is 20.8. The summed E-state index contributed by atoms with van der Waals surface area (Å²) in [6.45, 7) is 0. The molecule has 3 rings (SSSR count). The van der Waals surface area contributed by atoms with Gasteiger partial charge in [-0.3, -0.25) is 14.5 Å². The molecule has 0 spiro atoms. The number of carboxylic acids is 1. The number of thioether (sulfide) groups is 2. The number of hydrogen-bond acceptors (Lipinski definition) is 11. The molecule has 31 heavy (non-hydrogen) atoms. The van der Waals surface area contributed by atoms with E-state index in [2.05, 4.69) is 15.5 Å². The van der Waals surface area contributed by atoms with E-state index >= 15 is 0 Å². The summed E-state index contributed by atoms with van der Waals surface area (Å²) in [5.41, 5.74) is 6.15. The van der Waals surface area contributed by atoms with Crippen molar-refractivity contribution in [2.45, 2.75) is 11.4 Å². The molecule has 0 radical (unpaired) electrons. The zero-order valence-corrected chi connectivity index (χ0v) is 18.4. The van der Waals surface area contributed by atoms with Gasteiger partial charge in [-0.15, -0.1) is 34.9 Å². The number of nitrogens with two attached hydrogens (primary N) is 1. The Balaban J connectivity index is 1.75. The van der Waals surface area contributed by atoms with Crippen molar-refractivity contribution in [3.8, 4) is 6.07 Å². The van der Waals surface area contributed by atoms with Gasteiger partial charge in [0.25, 0.3) is 11.8 Å². The molecule has 1 saturated heterocycles. The number of nitrogen functional groups attached to an aromatic ring is 1. The number of β-lactam (4-membered cyclic amide) rings is 1. The van der Waals surface area contributed by atoms with Gasteiger partial charge < -0.3 is 21.0 Å². The van der Waals surface area contributed by atoms with Gasteiger partial charge in [0, 0.05) is 23.0 Å². The molecule has 2 amide bonds. The van der Waals surface area contributed by atoms with Crippen LogP contribution in [-0.4, -0.2) is 68.5 Å². The Labute approximate surface area is 189 Å². The van der Waals surface area contributed by atoms with Crippen molar-refractivity contribution in [2.24, 2.45) is 5.16 Å². The average Bonchev–Trinajstić information content (AvgIpc) is 3.18. The molecule has 2 aliphatic rings. The fourth-order valence-corrected chi connectivity index (χ4v) is 5.64. The minimum absolute atomic E-state index is 0.0878. The molecule has 4 N–H and O–H groups in total. The minimum atomic E-state index is -1.22. The van der Waals surface area contributed by atoms with E-state index in [4.69, 9.17) is 15.8 Å². The number of aliphatic carboxylic acids is 1. The van der Waals surface area contributed by atoms with E-state index in [-0.39, 0.29) is 22.2 Å². The highest BCUT2D eigenvalue weighted by Gasteiger charge is 2.54. The molecule has 11 nitrogen and oxygen atoms in total. The van der Waals surface area contributed by atoms with Crippen molar-refractivity contribution in [1.82, 2.24) is 15.2 Å². The number of carbonyl (C=O) groups excluding carboxylic acids is 2. The quantitative estimate of drug-likeness (QED) is 0.207. The molecule has 162 valence electrons. The van der Waals surface area contributed by atoms with Gasteiger partial charge in [0.2, 0.25) is 0 Å². The minimum Gasteiger partial charge on any atom is -0.477 e. The van der Waals surface area contributed by atoms with Crippen LogP contribution < -0.4 is 11.1 Å². The molecule has 0 bridgehead atoms. The largest absolute Gasteiger partial charge is 0.477 e. The number of rotatable bonds is 8. The van der Waals surface area contributed by atoms with Crippen LogP contribution in [0.3, 0.4) is 0 Å². The highest BCUT2D eigenvalue weighted by Crippen LogP contribution is 2.41. The van der Waals surface area contributed by atoms with Gasteiger partial charge in [0.1, 0.15) is 29.9 Å². The number of thiazole rings is 1. The molecule has 0 saturated carbocycles. The molecule has 14 heteroatoms. The number of aromatic nitrogens is 1. The van der Waals surface area contributed by atoms with Crippen molar-refractivity contribution < 1.29 is 24.3 Å². The van der Waals surface area contributed by atoms with Gasteiger partial charge in [0.05, 0.1) is 6.07 Å². The standard InChI is InChI=1S/C17H16N6O5S3/c1-28-22-10(9-7-31-17(19)20-9)13(24)21-11-14(25)23-12(16(26)27)8(6-30-15(11)23)5-29-4-2-3-18/h2,4,7,11,15H,5-6H2,1H3,(H2,19,20)(H,21,24)(H,26,27)/b4-2-,22-10?/t11?,15-/m1/s1. The van der Waals surface area contributed by atoms with Crippen LogP contribution in [0.4, 0.5) is 5.13 Å². The SMILES string of the molecule is CON=C(C(=O)NC1C(=O)N2C(C(=O)O)=C(CS/C=C\C#N)CS[C@H]12)c1csc(N)n1. The number of carbonyl (C=O) groups is 3. The van der Waals surface area contributed by atoms with E-state index in [1.165, 1.54) is 47.0 Å². The maximum atomic E-state index is 12.7. The highest BCUT2D eigenvalue weighted by molar-refractivity contribution is 8.02. The molecule has 0 aliphatic carbocycles. The van der Waals surface area contributed by atoms with Crippen LogP contribution in [0.5, 0.6) is 0 Å². The zero-order chi connectivity index (χ0) is 22.5. The summed E-state index contributed by atoms with van der Waals surface area (Å²) in [6, 6.07) is 0.937. The Morgan fingerprint density at radius 1 is 1.61 bits per heavy atom. The highest BCUT2D eigenvalue weighted by atomic mass is 32.2. The maximum absolute atomic E-state index is 12.7. The monoisotopic (exact) mass is 480 g/mol. The van der Waals surface area contributed by atoms with Crippen LogP contribution in [0.15, 0.2) is 33.3 Å². The van der Waals surface area contributed by atoms with Crippen LogP contribution in [0.25, 0.3) is 0 Å². The molecular weight excluding hydrogens is 464 g/mol. The Morgan fingerprint density at radius 3 is 3.00 bits per heavy atom. The Morgan fingerprint density at radius 2 is 2.39 bits per heavy atom. The summed E-state index contributed by atoms with van der Waals surface area (Å²) in [7, 11) is 1.27. The fourth-order valence-electron chi connectivity index (χ4n) is 2.92. The number of hydrogen-bond donors (Lipinski definition) is 3. The van der Waals surface area contributed by atoms with Gasteiger partial charge in [-0.1, -0.05) is 5.16 Å². The van der Waals surface area contributed by atoms with Crippen LogP contribution in [0.1, 0.15) is 5.69 Å². The smallest absolute Gasteiger partial charge is 0.352 e. The Kier molecular flexibility index (Phi) is 7.21. The molecule has 2 aliphatic heterocycles. The van der Waals surface area contributed by atoms with Gasteiger partial charge >= 0.3 is 5.97 Å². The maximum Gasteiger partial charge on any atom is 0.352 e. The Bertz CT molecular complexity index is 1040. The number of nitrogens with zero attached hydrogens (tertiary/aromatic N) is 4. The number of anilines is 1. The lowest BCUT2D eigenvalue weighted by molar-refractivity contribution is -0.150. The van der Waals surface area contributed by atoms with E-state index in [0.717, 1.165) is 11.3 Å². The third-order valence-electron chi connectivity index (χ3n) is 4.19. The number of carboxylic acid groups (broad SMARTS) is 1. The summed E-state index contributed by atoms with van der Waals surface area (Å²) in [5, 5.41) is 27.2. The summed E-state index contributed by atoms with van der Waals surface area (Å²) >= 11 is 3.73. The van der Waals surface area contributed by atoms with Crippen molar-refractivity contribution >= 4 is 63.5 Å². The molecule has 2 atom stereocenters. The van der Waals surface area contributed by atoms with E-state index in [1.807, 2.05) is 6.07 Å². The molecule has 3 heterocycles. The first-order valence-electron chi connectivity index (χ1n) is 8.58. The third kappa shape index (κ3) is 4.68. The summed E-state index contributed by atoms with van der Waals surface area (Å²) in [4.78, 5) is 47.1. The number of oxime groups is 1. The Hall–Kier alpha value is -3.02. The number of fused-ring (bicyclic) bond motifs is 1. The van der Waals surface area contributed by atoms with Crippen molar-refractivity contribution in [3.63, 3.8) is 0 Å². The van der Waals surface area contributed by atoms with Crippen LogP contribution in [0, 0.1) is 11.3 Å². The molecule has 1 aromatic rings. The predicted molar refractivity (Wildman–Crippen MR) is 117 cm³/mol. The predicted octanol–water partition coefficient (Wildman–Crippen LogP) is 0.585. The van der Waals surface area contributed by atoms with Crippen LogP contribution in [0.2, 0.25) is 0 Å². The average molecular weight is 481 g/mol. The molecule has 1 unspecified atom stereocenters. The van der Waals surface area contributed by atoms with E-state index in [9.17, 15) is 19.5 Å². The topological polar surface area (TPSA) is 171 Å². The zero-order valence-electron chi connectivity index (χ0n) is 16.0. The molecule has 0 aromatic carbocycles. The second-order valence-electron chi connectivity index (χ2n) is 6.05. The summed E-state index contributed by atoms with van der Waals surface area (Å²) < 4.78 is 0. The van der Waals surface area contributed by atoms with Crippen LogP contribution >= 0.6 is 34.9 Å². The fraction of sp³-hybridized carbons (Fsp3) is 0.294. The lowest BCUT2D eigenvalue weighted by Crippen LogP contribution is -2.71. The van der Waals surface area contributed by atoms with Gasteiger partial charge in [0.15, 0.2) is 10.8 Å². The molecule has 1 fully saturated rings. The second kappa shape index (κ2) is 9.86. The second-order valence-corrected chi connectivity index (χ2v) is 8.94. The van der Waals surface area contributed by atoms with Crippen molar-refractivity contribution in [3.05, 3.63) is 33.8 Å². The number of nitrogens with one attached hydrogen (secondary N) is 1. The van der Waals surface area contributed by atoms with E-state index in [1.54, 1.807) is 5.41 Å². The van der Waals surface area contributed by atoms with Crippen molar-refractivity contribution in [2.75, 3.05) is 24.3 Å². The number of amides is 2. The summed E-state index contributed by atoms with van der Waals surface area (Å²) in [5.74, 6) is -1.74. The third-order valence-corrected chi connectivity index (χ3v) is 7.05.